The number of nitrogens with two attached hydrogens (primary N) is 1. The molecule has 0 bridgehead atoms. The zero-order valence-corrected chi connectivity index (χ0v) is 11.7. The van der Waals surface area contributed by atoms with Crippen LogP contribution in [0.3, 0.4) is 0 Å². The molecule has 0 spiro atoms. The molecule has 0 unspecified atom stereocenters. The van der Waals surface area contributed by atoms with E-state index >= 15 is 0 Å². The standard InChI is InChI=1S/C16H21N3/c1-16(2,17)15-10-18-11-19(15)14-9-5-7-12-6-3-4-8-13(12)14/h5,7,9-11H,3-4,6,8,17H2,1-2H3. The topological polar surface area (TPSA) is 43.8 Å². The highest BCUT2D eigenvalue weighted by molar-refractivity contribution is 5.48. The van der Waals surface area contributed by atoms with Crippen molar-refractivity contribution in [1.29, 1.82) is 0 Å². The second-order valence-corrected chi connectivity index (χ2v) is 5.99. The third kappa shape index (κ3) is 2.19. The number of hydrogen-bond acceptors (Lipinski definition) is 2. The molecule has 3 heteroatoms. The summed E-state index contributed by atoms with van der Waals surface area (Å²) >= 11 is 0. The lowest BCUT2D eigenvalue weighted by Crippen LogP contribution is -2.31. The largest absolute Gasteiger partial charge is 0.321 e. The van der Waals surface area contributed by atoms with E-state index in [-0.39, 0.29) is 5.54 Å². The van der Waals surface area contributed by atoms with E-state index in [9.17, 15) is 0 Å². The van der Waals surface area contributed by atoms with Crippen molar-refractivity contribution in [2.45, 2.75) is 45.1 Å². The average molecular weight is 255 g/mol. The summed E-state index contributed by atoms with van der Waals surface area (Å²) in [6, 6.07) is 6.58. The van der Waals surface area contributed by atoms with Crippen LogP contribution in [0.25, 0.3) is 5.69 Å². The van der Waals surface area contributed by atoms with E-state index in [1.807, 2.05) is 26.4 Å². The molecule has 100 valence electrons. The summed E-state index contributed by atoms with van der Waals surface area (Å²) in [5, 5.41) is 0. The maximum Gasteiger partial charge on any atom is 0.0994 e. The third-order valence-corrected chi connectivity index (χ3v) is 3.93. The monoisotopic (exact) mass is 255 g/mol. The van der Waals surface area contributed by atoms with Crippen LogP contribution in [0.5, 0.6) is 0 Å². The minimum Gasteiger partial charge on any atom is -0.321 e. The molecule has 3 nitrogen and oxygen atoms in total. The molecule has 0 aliphatic heterocycles. The summed E-state index contributed by atoms with van der Waals surface area (Å²) in [5.74, 6) is 0. The minimum absolute atomic E-state index is 0.381. The number of rotatable bonds is 2. The van der Waals surface area contributed by atoms with Crippen LogP contribution in [-0.4, -0.2) is 9.55 Å². The summed E-state index contributed by atoms with van der Waals surface area (Å²) in [6.07, 6.45) is 8.69. The fraction of sp³-hybridized carbons (Fsp3) is 0.438. The molecule has 0 saturated heterocycles. The van der Waals surface area contributed by atoms with Gasteiger partial charge < -0.3 is 10.3 Å². The Hall–Kier alpha value is -1.61. The SMILES string of the molecule is CC(C)(N)c1cncn1-c1cccc2c1CCCC2. The number of benzene rings is 1. The summed E-state index contributed by atoms with van der Waals surface area (Å²) in [6.45, 7) is 4.05. The Bertz CT molecular complexity index is 590. The van der Waals surface area contributed by atoms with Crippen molar-refractivity contribution in [3.8, 4) is 5.69 Å². The van der Waals surface area contributed by atoms with E-state index in [0.29, 0.717) is 0 Å². The molecule has 2 N–H and O–H groups in total. The van der Waals surface area contributed by atoms with Gasteiger partial charge in [0.2, 0.25) is 0 Å². The van der Waals surface area contributed by atoms with Gasteiger partial charge >= 0.3 is 0 Å². The zero-order chi connectivity index (χ0) is 13.5. The highest BCUT2D eigenvalue weighted by Crippen LogP contribution is 2.29. The van der Waals surface area contributed by atoms with Crippen LogP contribution in [0.4, 0.5) is 0 Å². The molecule has 0 amide bonds. The van der Waals surface area contributed by atoms with Gasteiger partial charge in [0.05, 0.1) is 29.4 Å². The summed E-state index contributed by atoms with van der Waals surface area (Å²) in [4.78, 5) is 4.30. The fourth-order valence-electron chi connectivity index (χ4n) is 2.95. The fourth-order valence-corrected chi connectivity index (χ4v) is 2.95. The smallest absolute Gasteiger partial charge is 0.0994 e. The second-order valence-electron chi connectivity index (χ2n) is 5.99. The van der Waals surface area contributed by atoms with Crippen molar-refractivity contribution in [2.75, 3.05) is 0 Å². The molecule has 1 aromatic carbocycles. The van der Waals surface area contributed by atoms with Crippen LogP contribution in [0.1, 0.15) is 43.5 Å². The first-order valence-electron chi connectivity index (χ1n) is 7.00. The second kappa shape index (κ2) is 4.49. The number of hydrogen-bond donors (Lipinski definition) is 1. The van der Waals surface area contributed by atoms with Gasteiger partial charge in [-0.1, -0.05) is 12.1 Å². The molecule has 2 aromatic rings. The maximum absolute atomic E-state index is 6.25. The van der Waals surface area contributed by atoms with Crippen LogP contribution in [0.15, 0.2) is 30.7 Å². The van der Waals surface area contributed by atoms with Crippen molar-refractivity contribution in [3.63, 3.8) is 0 Å². The van der Waals surface area contributed by atoms with E-state index in [4.69, 9.17) is 5.73 Å². The number of fused-ring (bicyclic) bond motifs is 1. The van der Waals surface area contributed by atoms with Gasteiger partial charge in [-0.25, -0.2) is 4.98 Å². The number of nitrogens with zero attached hydrogens (tertiary/aromatic N) is 2. The third-order valence-electron chi connectivity index (χ3n) is 3.93. The predicted octanol–water partition coefficient (Wildman–Crippen LogP) is 2.94. The Morgan fingerprint density at radius 3 is 2.79 bits per heavy atom. The van der Waals surface area contributed by atoms with E-state index in [1.165, 1.54) is 36.1 Å². The van der Waals surface area contributed by atoms with E-state index < -0.39 is 0 Å². The Morgan fingerprint density at radius 1 is 1.21 bits per heavy atom. The lowest BCUT2D eigenvalue weighted by molar-refractivity contribution is 0.523. The van der Waals surface area contributed by atoms with Gasteiger partial charge in [-0.2, -0.15) is 0 Å². The summed E-state index contributed by atoms with van der Waals surface area (Å²) in [7, 11) is 0. The van der Waals surface area contributed by atoms with Crippen LogP contribution in [0, 0.1) is 0 Å². The van der Waals surface area contributed by atoms with Gasteiger partial charge in [-0.05, 0) is 56.7 Å². The van der Waals surface area contributed by atoms with E-state index in [1.54, 1.807) is 0 Å². The van der Waals surface area contributed by atoms with Crippen LogP contribution >= 0.6 is 0 Å². The molecule has 0 atom stereocenters. The van der Waals surface area contributed by atoms with Crippen LogP contribution in [-0.2, 0) is 18.4 Å². The highest BCUT2D eigenvalue weighted by Gasteiger charge is 2.22. The van der Waals surface area contributed by atoms with Gasteiger partial charge in [0.15, 0.2) is 0 Å². The Labute approximate surface area is 114 Å². The van der Waals surface area contributed by atoms with Crippen molar-refractivity contribution in [3.05, 3.63) is 47.5 Å². The first kappa shape index (κ1) is 12.4. The maximum atomic E-state index is 6.25. The number of aromatic nitrogens is 2. The molecule has 1 aliphatic rings. The molecule has 0 saturated carbocycles. The molecular weight excluding hydrogens is 234 g/mol. The molecule has 1 heterocycles. The lowest BCUT2D eigenvalue weighted by Gasteiger charge is -2.24. The van der Waals surface area contributed by atoms with Crippen molar-refractivity contribution < 1.29 is 0 Å². The highest BCUT2D eigenvalue weighted by atomic mass is 15.1. The van der Waals surface area contributed by atoms with Crippen LogP contribution in [0.2, 0.25) is 0 Å². The quantitative estimate of drug-likeness (QED) is 0.896. The zero-order valence-electron chi connectivity index (χ0n) is 11.7. The van der Waals surface area contributed by atoms with Gasteiger partial charge in [-0.3, -0.25) is 0 Å². The Balaban J connectivity index is 2.16. The molecule has 0 radical (unpaired) electrons. The number of aryl methyl sites for hydroxylation is 1. The van der Waals surface area contributed by atoms with E-state index in [0.717, 1.165) is 12.1 Å². The first-order valence-corrected chi connectivity index (χ1v) is 7.00. The first-order chi connectivity index (χ1) is 9.07. The summed E-state index contributed by atoms with van der Waals surface area (Å²) in [5.41, 5.74) is 11.1. The summed E-state index contributed by atoms with van der Waals surface area (Å²) < 4.78 is 2.16. The Kier molecular flexibility index (Phi) is 2.94. The van der Waals surface area contributed by atoms with Gasteiger partial charge in [-0.15, -0.1) is 0 Å². The lowest BCUT2D eigenvalue weighted by atomic mass is 9.90. The van der Waals surface area contributed by atoms with Gasteiger partial charge in [0, 0.05) is 0 Å². The normalized spacial score (nSPS) is 15.3. The molecule has 0 fully saturated rings. The van der Waals surface area contributed by atoms with Crippen molar-refractivity contribution in [1.82, 2.24) is 9.55 Å². The van der Waals surface area contributed by atoms with E-state index in [2.05, 4.69) is 27.8 Å². The molecular formula is C16H21N3. The average Bonchev–Trinajstić information content (AvgIpc) is 2.87. The molecule has 1 aliphatic carbocycles. The minimum atomic E-state index is -0.381. The number of imidazole rings is 1. The van der Waals surface area contributed by atoms with Crippen molar-refractivity contribution in [2.24, 2.45) is 5.73 Å². The van der Waals surface area contributed by atoms with Gasteiger partial charge in [0.1, 0.15) is 0 Å². The molecule has 19 heavy (non-hydrogen) atoms. The van der Waals surface area contributed by atoms with Crippen molar-refractivity contribution >= 4 is 0 Å². The molecule has 1 aromatic heterocycles. The van der Waals surface area contributed by atoms with Gasteiger partial charge in [0.25, 0.3) is 0 Å². The Morgan fingerprint density at radius 2 is 2.00 bits per heavy atom. The van der Waals surface area contributed by atoms with Crippen LogP contribution < -0.4 is 5.73 Å². The predicted molar refractivity (Wildman–Crippen MR) is 77.4 cm³/mol. The molecule has 3 rings (SSSR count).